The second-order valence-corrected chi connectivity index (χ2v) is 5.81. The van der Waals surface area contributed by atoms with Crippen LogP contribution in [0.3, 0.4) is 0 Å². The molecule has 1 atom stereocenters. The molecule has 0 spiro atoms. The molecular weight excluding hydrogens is 302 g/mol. The van der Waals surface area contributed by atoms with Gasteiger partial charge in [-0.1, -0.05) is 30.3 Å². The summed E-state index contributed by atoms with van der Waals surface area (Å²) in [5.41, 5.74) is 2.92. The zero-order valence-corrected chi connectivity index (χ0v) is 13.9. The second-order valence-electron chi connectivity index (χ2n) is 5.81. The number of aromatic nitrogens is 4. The van der Waals surface area contributed by atoms with Crippen molar-refractivity contribution in [1.29, 1.82) is 0 Å². The lowest BCUT2D eigenvalue weighted by Crippen LogP contribution is -2.25. The molecule has 2 heterocycles. The van der Waals surface area contributed by atoms with E-state index < -0.39 is 0 Å². The molecule has 3 aromatic rings. The number of aryl methyl sites for hydroxylation is 3. The summed E-state index contributed by atoms with van der Waals surface area (Å²) >= 11 is 0. The molecule has 0 aliphatic rings. The van der Waals surface area contributed by atoms with E-state index in [0.29, 0.717) is 5.69 Å². The van der Waals surface area contributed by atoms with Crippen molar-refractivity contribution in [3.05, 3.63) is 66.2 Å². The molecular formula is C18H21N5O. The van der Waals surface area contributed by atoms with Crippen LogP contribution >= 0.6 is 0 Å². The third-order valence-corrected chi connectivity index (χ3v) is 3.99. The normalized spacial score (nSPS) is 12.1. The van der Waals surface area contributed by atoms with Crippen LogP contribution in [0.15, 0.2) is 55.0 Å². The Kier molecular flexibility index (Phi) is 4.74. The predicted molar refractivity (Wildman–Crippen MR) is 92.7 cm³/mol. The first-order valence-corrected chi connectivity index (χ1v) is 8.01. The van der Waals surface area contributed by atoms with Gasteiger partial charge in [0.1, 0.15) is 6.04 Å². The van der Waals surface area contributed by atoms with Crippen LogP contribution < -0.4 is 5.32 Å². The zero-order chi connectivity index (χ0) is 16.9. The van der Waals surface area contributed by atoms with Gasteiger partial charge in [0.25, 0.3) is 0 Å². The molecule has 0 saturated carbocycles. The van der Waals surface area contributed by atoms with Gasteiger partial charge in [-0.25, -0.2) is 0 Å². The average molecular weight is 323 g/mol. The summed E-state index contributed by atoms with van der Waals surface area (Å²) in [6, 6.07) is 11.8. The average Bonchev–Trinajstić information content (AvgIpc) is 3.22. The van der Waals surface area contributed by atoms with Crippen LogP contribution in [0.25, 0.3) is 0 Å². The van der Waals surface area contributed by atoms with Crippen LogP contribution in [0.4, 0.5) is 5.69 Å². The van der Waals surface area contributed by atoms with Gasteiger partial charge in [0.05, 0.1) is 11.9 Å². The van der Waals surface area contributed by atoms with Crippen molar-refractivity contribution in [3.8, 4) is 0 Å². The van der Waals surface area contributed by atoms with Crippen molar-refractivity contribution in [2.24, 2.45) is 0 Å². The fraction of sp³-hybridized carbons (Fsp3) is 0.278. The van der Waals surface area contributed by atoms with E-state index in [2.05, 4.69) is 27.6 Å². The van der Waals surface area contributed by atoms with E-state index in [4.69, 9.17) is 0 Å². The third kappa shape index (κ3) is 3.71. The van der Waals surface area contributed by atoms with Crippen molar-refractivity contribution in [1.82, 2.24) is 19.6 Å². The minimum atomic E-state index is -0.368. The lowest BCUT2D eigenvalue weighted by molar-refractivity contribution is -0.119. The third-order valence-electron chi connectivity index (χ3n) is 3.99. The summed E-state index contributed by atoms with van der Waals surface area (Å²) in [6.45, 7) is 4.53. The predicted octanol–water partition coefficient (Wildman–Crippen LogP) is 2.83. The Morgan fingerprint density at radius 1 is 1.21 bits per heavy atom. The standard InChI is InChI=1S/C18H21N5O/c1-14-8-10-19-23(14)15(2)18(24)21-17-12-20-22(13-17)11-9-16-6-4-3-5-7-16/h3-8,10,12-13,15H,9,11H2,1-2H3,(H,21,24). The quantitative estimate of drug-likeness (QED) is 0.758. The lowest BCUT2D eigenvalue weighted by Gasteiger charge is -2.13. The van der Waals surface area contributed by atoms with E-state index in [9.17, 15) is 4.79 Å². The van der Waals surface area contributed by atoms with Gasteiger partial charge in [0.15, 0.2) is 0 Å². The monoisotopic (exact) mass is 323 g/mol. The Labute approximate surface area is 141 Å². The molecule has 1 unspecified atom stereocenters. The number of rotatable bonds is 6. The van der Waals surface area contributed by atoms with Gasteiger partial charge in [-0.3, -0.25) is 14.2 Å². The number of carbonyl (C=O) groups is 1. The van der Waals surface area contributed by atoms with Crippen LogP contribution in [-0.2, 0) is 17.8 Å². The number of benzene rings is 1. The summed E-state index contributed by atoms with van der Waals surface area (Å²) < 4.78 is 3.54. The molecule has 6 nitrogen and oxygen atoms in total. The van der Waals surface area contributed by atoms with Gasteiger partial charge in [-0.05, 0) is 31.9 Å². The van der Waals surface area contributed by atoms with Crippen molar-refractivity contribution in [2.75, 3.05) is 5.32 Å². The van der Waals surface area contributed by atoms with Crippen molar-refractivity contribution >= 4 is 11.6 Å². The molecule has 6 heteroatoms. The number of nitrogens with zero attached hydrogens (tertiary/aromatic N) is 4. The van der Waals surface area contributed by atoms with E-state index >= 15 is 0 Å². The minimum absolute atomic E-state index is 0.107. The number of hydrogen-bond donors (Lipinski definition) is 1. The van der Waals surface area contributed by atoms with Gasteiger partial charge in [-0.15, -0.1) is 0 Å². The van der Waals surface area contributed by atoms with E-state index in [1.165, 1.54) is 5.56 Å². The molecule has 2 aromatic heterocycles. The highest BCUT2D eigenvalue weighted by atomic mass is 16.2. The molecule has 3 rings (SSSR count). The molecule has 0 radical (unpaired) electrons. The molecule has 0 aliphatic carbocycles. The van der Waals surface area contributed by atoms with E-state index in [-0.39, 0.29) is 11.9 Å². The summed E-state index contributed by atoms with van der Waals surface area (Å²) in [5.74, 6) is -0.107. The molecule has 1 amide bonds. The maximum absolute atomic E-state index is 12.3. The first-order valence-electron chi connectivity index (χ1n) is 8.01. The highest BCUT2D eigenvalue weighted by Gasteiger charge is 2.17. The Morgan fingerprint density at radius 2 is 2.00 bits per heavy atom. The maximum Gasteiger partial charge on any atom is 0.249 e. The topological polar surface area (TPSA) is 64.7 Å². The van der Waals surface area contributed by atoms with Crippen LogP contribution in [0.2, 0.25) is 0 Å². The molecule has 0 saturated heterocycles. The molecule has 124 valence electrons. The fourth-order valence-electron chi connectivity index (χ4n) is 2.58. The van der Waals surface area contributed by atoms with Crippen LogP contribution in [0.5, 0.6) is 0 Å². The second kappa shape index (κ2) is 7.12. The summed E-state index contributed by atoms with van der Waals surface area (Å²) in [7, 11) is 0. The maximum atomic E-state index is 12.3. The highest BCUT2D eigenvalue weighted by molar-refractivity contribution is 5.93. The molecule has 1 N–H and O–H groups in total. The highest BCUT2D eigenvalue weighted by Crippen LogP contribution is 2.13. The SMILES string of the molecule is Cc1ccnn1C(C)C(=O)Nc1cnn(CCc2ccccc2)c1. The summed E-state index contributed by atoms with van der Waals surface area (Å²) in [5, 5.41) is 11.4. The summed E-state index contributed by atoms with van der Waals surface area (Å²) in [4.78, 5) is 12.3. The number of anilines is 1. The van der Waals surface area contributed by atoms with Crippen LogP contribution in [0.1, 0.15) is 24.2 Å². The first kappa shape index (κ1) is 16.0. The summed E-state index contributed by atoms with van der Waals surface area (Å²) in [6.07, 6.45) is 6.12. The Balaban J connectivity index is 1.57. The van der Waals surface area contributed by atoms with E-state index in [1.807, 2.05) is 49.0 Å². The van der Waals surface area contributed by atoms with Crippen LogP contribution in [0, 0.1) is 6.92 Å². The van der Waals surface area contributed by atoms with Gasteiger partial charge in [-0.2, -0.15) is 10.2 Å². The van der Waals surface area contributed by atoms with Gasteiger partial charge in [0, 0.05) is 24.6 Å². The lowest BCUT2D eigenvalue weighted by atomic mass is 10.1. The van der Waals surface area contributed by atoms with E-state index in [1.54, 1.807) is 17.1 Å². The zero-order valence-electron chi connectivity index (χ0n) is 13.9. The number of amides is 1. The van der Waals surface area contributed by atoms with Gasteiger partial charge >= 0.3 is 0 Å². The van der Waals surface area contributed by atoms with Crippen molar-refractivity contribution in [2.45, 2.75) is 32.9 Å². The van der Waals surface area contributed by atoms with Crippen molar-refractivity contribution in [3.63, 3.8) is 0 Å². The molecule has 1 aromatic carbocycles. The molecule has 0 bridgehead atoms. The molecule has 24 heavy (non-hydrogen) atoms. The van der Waals surface area contributed by atoms with Gasteiger partial charge in [0.2, 0.25) is 5.91 Å². The van der Waals surface area contributed by atoms with E-state index in [0.717, 1.165) is 18.7 Å². The molecule has 0 aliphatic heterocycles. The Morgan fingerprint density at radius 3 is 2.71 bits per heavy atom. The first-order chi connectivity index (χ1) is 11.6. The van der Waals surface area contributed by atoms with Crippen molar-refractivity contribution < 1.29 is 4.79 Å². The largest absolute Gasteiger partial charge is 0.322 e. The Bertz CT molecular complexity index is 806. The van der Waals surface area contributed by atoms with Gasteiger partial charge < -0.3 is 5.32 Å². The Hall–Kier alpha value is -2.89. The van der Waals surface area contributed by atoms with Crippen LogP contribution in [-0.4, -0.2) is 25.5 Å². The smallest absolute Gasteiger partial charge is 0.249 e. The number of hydrogen-bond acceptors (Lipinski definition) is 3. The number of nitrogens with one attached hydrogen (secondary N) is 1. The fourth-order valence-corrected chi connectivity index (χ4v) is 2.58. The number of carbonyl (C=O) groups excluding carboxylic acids is 1. The molecule has 0 fully saturated rings. The minimum Gasteiger partial charge on any atom is -0.322 e.